The van der Waals surface area contributed by atoms with Crippen LogP contribution in [-0.4, -0.2) is 13.2 Å². The molecule has 0 saturated heterocycles. The first-order valence-electron chi connectivity index (χ1n) is 6.14. The first kappa shape index (κ1) is 10.2. The van der Waals surface area contributed by atoms with Crippen molar-refractivity contribution in [3.8, 4) is 5.75 Å². The van der Waals surface area contributed by atoms with Gasteiger partial charge in [-0.1, -0.05) is 13.0 Å². The summed E-state index contributed by atoms with van der Waals surface area (Å²) < 4.78 is 5.32. The molecule has 0 aromatic heterocycles. The molecule has 1 aromatic carbocycles. The van der Waals surface area contributed by atoms with Crippen LogP contribution in [0.4, 0.5) is 0 Å². The average molecular weight is 217 g/mol. The number of methoxy groups -OCH3 is 1. The van der Waals surface area contributed by atoms with Gasteiger partial charge in [-0.15, -0.1) is 0 Å². The van der Waals surface area contributed by atoms with E-state index >= 15 is 0 Å². The van der Waals surface area contributed by atoms with Crippen molar-refractivity contribution < 1.29 is 4.74 Å². The number of fused-ring (bicyclic) bond motifs is 3. The van der Waals surface area contributed by atoms with E-state index in [2.05, 4.69) is 25.1 Å². The van der Waals surface area contributed by atoms with Crippen molar-refractivity contribution in [2.45, 2.75) is 31.7 Å². The van der Waals surface area contributed by atoms with Gasteiger partial charge in [0, 0.05) is 6.04 Å². The zero-order valence-corrected chi connectivity index (χ0v) is 9.94. The standard InChI is InChI=1S/C14H19NO/c1-8-13-11(14(8)15)6-4-9-3-5-10(16-2)7-12(9)13/h3,5,7-8,11,13-14H,4,6,15H2,1-2H3. The summed E-state index contributed by atoms with van der Waals surface area (Å²) in [5.41, 5.74) is 9.16. The second-order valence-electron chi connectivity index (χ2n) is 5.23. The van der Waals surface area contributed by atoms with Gasteiger partial charge in [-0.25, -0.2) is 0 Å². The average Bonchev–Trinajstić information content (AvgIpc) is 2.35. The molecule has 0 bridgehead atoms. The van der Waals surface area contributed by atoms with E-state index in [9.17, 15) is 0 Å². The van der Waals surface area contributed by atoms with E-state index in [0.29, 0.717) is 23.8 Å². The minimum Gasteiger partial charge on any atom is -0.497 e. The molecule has 2 nitrogen and oxygen atoms in total. The first-order valence-corrected chi connectivity index (χ1v) is 6.14. The van der Waals surface area contributed by atoms with E-state index in [1.54, 1.807) is 7.11 Å². The highest BCUT2D eigenvalue weighted by molar-refractivity contribution is 5.42. The van der Waals surface area contributed by atoms with E-state index in [-0.39, 0.29) is 0 Å². The molecule has 4 unspecified atom stereocenters. The molecule has 2 heteroatoms. The van der Waals surface area contributed by atoms with Crippen molar-refractivity contribution in [1.29, 1.82) is 0 Å². The fourth-order valence-corrected chi connectivity index (χ4v) is 3.56. The Balaban J connectivity index is 2.01. The molecule has 16 heavy (non-hydrogen) atoms. The Morgan fingerprint density at radius 2 is 2.19 bits per heavy atom. The van der Waals surface area contributed by atoms with Gasteiger partial charge in [-0.3, -0.25) is 0 Å². The number of nitrogens with two attached hydrogens (primary N) is 1. The summed E-state index contributed by atoms with van der Waals surface area (Å²) in [6.07, 6.45) is 2.44. The molecule has 2 N–H and O–H groups in total. The van der Waals surface area contributed by atoms with Crippen LogP contribution < -0.4 is 10.5 Å². The Morgan fingerprint density at radius 1 is 1.38 bits per heavy atom. The van der Waals surface area contributed by atoms with Crippen molar-refractivity contribution in [3.63, 3.8) is 0 Å². The SMILES string of the molecule is COc1ccc2c(c1)C1C(C)C(N)C1CC2. The van der Waals surface area contributed by atoms with Crippen molar-refractivity contribution >= 4 is 0 Å². The zero-order chi connectivity index (χ0) is 11.3. The molecule has 86 valence electrons. The van der Waals surface area contributed by atoms with Crippen LogP contribution in [0.5, 0.6) is 5.75 Å². The lowest BCUT2D eigenvalue weighted by atomic mass is 9.54. The number of benzene rings is 1. The van der Waals surface area contributed by atoms with Gasteiger partial charge < -0.3 is 10.5 Å². The van der Waals surface area contributed by atoms with E-state index < -0.39 is 0 Å². The Hall–Kier alpha value is -1.02. The molecule has 1 fully saturated rings. The predicted octanol–water partition coefficient (Wildman–Crippen LogP) is 2.32. The van der Waals surface area contributed by atoms with Gasteiger partial charge in [0.1, 0.15) is 5.75 Å². The number of ether oxygens (including phenoxy) is 1. The van der Waals surface area contributed by atoms with E-state index in [1.807, 2.05) is 0 Å². The van der Waals surface area contributed by atoms with Crippen molar-refractivity contribution in [3.05, 3.63) is 29.3 Å². The first-order chi connectivity index (χ1) is 7.72. The number of rotatable bonds is 1. The van der Waals surface area contributed by atoms with E-state index in [0.717, 1.165) is 5.75 Å². The van der Waals surface area contributed by atoms with Crippen LogP contribution in [0.2, 0.25) is 0 Å². The van der Waals surface area contributed by atoms with Crippen LogP contribution in [0.15, 0.2) is 18.2 Å². The molecule has 2 aliphatic carbocycles. The molecular weight excluding hydrogens is 198 g/mol. The minimum absolute atomic E-state index is 0.407. The van der Waals surface area contributed by atoms with Gasteiger partial charge in [0.15, 0.2) is 0 Å². The molecular formula is C14H19NO. The highest BCUT2D eigenvalue weighted by atomic mass is 16.5. The summed E-state index contributed by atoms with van der Waals surface area (Å²) in [5, 5.41) is 0. The van der Waals surface area contributed by atoms with Gasteiger partial charge in [0.05, 0.1) is 7.11 Å². The Kier molecular flexibility index (Phi) is 2.21. The van der Waals surface area contributed by atoms with Crippen LogP contribution in [0.1, 0.15) is 30.4 Å². The summed E-state index contributed by atoms with van der Waals surface area (Å²) in [6.45, 7) is 2.28. The third-order valence-corrected chi connectivity index (χ3v) is 4.59. The molecule has 0 heterocycles. The van der Waals surface area contributed by atoms with Crippen LogP contribution in [0.25, 0.3) is 0 Å². The maximum absolute atomic E-state index is 6.17. The third kappa shape index (κ3) is 1.23. The topological polar surface area (TPSA) is 35.2 Å². The fourth-order valence-electron chi connectivity index (χ4n) is 3.56. The summed E-state index contributed by atoms with van der Waals surface area (Å²) in [5.74, 6) is 2.98. The second kappa shape index (κ2) is 3.49. The molecule has 4 atom stereocenters. The molecule has 3 rings (SSSR count). The summed E-state index contributed by atoms with van der Waals surface area (Å²) in [7, 11) is 1.73. The second-order valence-corrected chi connectivity index (χ2v) is 5.23. The van der Waals surface area contributed by atoms with Gasteiger partial charge in [0.25, 0.3) is 0 Å². The molecule has 0 radical (unpaired) electrons. The van der Waals surface area contributed by atoms with Gasteiger partial charge in [-0.05, 0) is 53.9 Å². The maximum atomic E-state index is 6.17. The smallest absolute Gasteiger partial charge is 0.119 e. The summed E-state index contributed by atoms with van der Waals surface area (Å²) >= 11 is 0. The van der Waals surface area contributed by atoms with Crippen LogP contribution in [-0.2, 0) is 6.42 Å². The Morgan fingerprint density at radius 3 is 2.94 bits per heavy atom. The molecule has 1 saturated carbocycles. The highest BCUT2D eigenvalue weighted by Crippen LogP contribution is 2.53. The minimum atomic E-state index is 0.407. The van der Waals surface area contributed by atoms with Crippen molar-refractivity contribution in [2.75, 3.05) is 7.11 Å². The highest BCUT2D eigenvalue weighted by Gasteiger charge is 2.48. The van der Waals surface area contributed by atoms with Gasteiger partial charge in [-0.2, -0.15) is 0 Å². The zero-order valence-electron chi connectivity index (χ0n) is 9.94. The fraction of sp³-hybridized carbons (Fsp3) is 0.571. The van der Waals surface area contributed by atoms with Crippen molar-refractivity contribution in [2.24, 2.45) is 17.6 Å². The third-order valence-electron chi connectivity index (χ3n) is 4.59. The van der Waals surface area contributed by atoms with Crippen LogP contribution >= 0.6 is 0 Å². The summed E-state index contributed by atoms with van der Waals surface area (Å²) in [4.78, 5) is 0. The lowest BCUT2D eigenvalue weighted by molar-refractivity contribution is 0.0948. The van der Waals surface area contributed by atoms with Gasteiger partial charge in [0.2, 0.25) is 0 Å². The lowest BCUT2D eigenvalue weighted by Crippen LogP contribution is -2.55. The predicted molar refractivity (Wildman–Crippen MR) is 64.7 cm³/mol. The quantitative estimate of drug-likeness (QED) is 0.783. The normalized spacial score (nSPS) is 35.9. The molecule has 1 aromatic rings. The molecule has 0 aliphatic heterocycles. The van der Waals surface area contributed by atoms with Crippen LogP contribution in [0, 0.1) is 11.8 Å². The molecule has 2 aliphatic rings. The Labute approximate surface area is 96.8 Å². The Bertz CT molecular complexity index is 415. The van der Waals surface area contributed by atoms with E-state index in [1.165, 1.54) is 24.0 Å². The molecule has 0 amide bonds. The van der Waals surface area contributed by atoms with Crippen LogP contribution in [0.3, 0.4) is 0 Å². The van der Waals surface area contributed by atoms with E-state index in [4.69, 9.17) is 10.5 Å². The number of aryl methyl sites for hydroxylation is 1. The maximum Gasteiger partial charge on any atom is 0.119 e. The monoisotopic (exact) mass is 217 g/mol. The van der Waals surface area contributed by atoms with Crippen molar-refractivity contribution in [1.82, 2.24) is 0 Å². The lowest BCUT2D eigenvalue weighted by Gasteiger charge is -2.52. The summed E-state index contributed by atoms with van der Waals surface area (Å²) in [6, 6.07) is 6.92. The molecule has 0 spiro atoms. The largest absolute Gasteiger partial charge is 0.497 e. The van der Waals surface area contributed by atoms with Gasteiger partial charge >= 0.3 is 0 Å². The number of hydrogen-bond acceptors (Lipinski definition) is 2. The number of hydrogen-bond donors (Lipinski definition) is 1.